The molecule has 0 saturated carbocycles. The van der Waals surface area contributed by atoms with Gasteiger partial charge in [-0.1, -0.05) is 62.2 Å². The van der Waals surface area contributed by atoms with E-state index in [-0.39, 0.29) is 26.6 Å². The average Bonchev–Trinajstić information content (AvgIpc) is 3.19. The number of aromatic nitrogens is 1. The van der Waals surface area contributed by atoms with E-state index in [9.17, 15) is 10.1 Å². The lowest BCUT2D eigenvalue weighted by molar-refractivity contribution is -0.118. The van der Waals surface area contributed by atoms with Crippen molar-refractivity contribution >= 4 is 34.8 Å². The number of ether oxygens (including phenoxy) is 1. The zero-order valence-electron chi connectivity index (χ0n) is 21.9. The van der Waals surface area contributed by atoms with Gasteiger partial charge in [-0.05, 0) is 41.7 Å². The number of nitrogens with one attached hydrogen (secondary N) is 2. The number of hydrogen-bond acceptors (Lipinski definition) is 5. The first-order valence-electron chi connectivity index (χ1n) is 12.3. The van der Waals surface area contributed by atoms with Crippen molar-refractivity contribution in [3.8, 4) is 11.9 Å². The average molecular weight is 573 g/mol. The Morgan fingerprint density at radius 3 is 2.54 bits per heavy atom. The van der Waals surface area contributed by atoms with Crippen LogP contribution >= 0.6 is 23.2 Å². The molecule has 1 amide bonds. The van der Waals surface area contributed by atoms with Crippen molar-refractivity contribution in [3.63, 3.8) is 0 Å². The third-order valence-electron chi connectivity index (χ3n) is 6.94. The number of carbonyl (C=O) groups excluding carboxylic acids is 1. The molecular formula is C29H28Cl2F2N4O2. The van der Waals surface area contributed by atoms with Crippen LogP contribution in [-0.2, 0) is 10.2 Å². The number of benzene rings is 2. The van der Waals surface area contributed by atoms with Crippen LogP contribution in [0.5, 0.6) is 5.88 Å². The van der Waals surface area contributed by atoms with Crippen LogP contribution in [-0.4, -0.2) is 30.1 Å². The van der Waals surface area contributed by atoms with E-state index in [4.69, 9.17) is 27.9 Å². The number of anilines is 1. The number of rotatable bonds is 6. The summed E-state index contributed by atoms with van der Waals surface area (Å²) in [6.45, 7) is 5.92. The number of hydrogen-bond donors (Lipinski definition) is 2. The zero-order chi connectivity index (χ0) is 28.5. The molecule has 2 aromatic carbocycles. The Balaban J connectivity index is 1.93. The molecule has 39 heavy (non-hydrogen) atoms. The number of carbonyl (C=O) groups is 1. The summed E-state index contributed by atoms with van der Waals surface area (Å²) in [5, 5.41) is 16.9. The maximum Gasteiger partial charge on any atom is 0.242 e. The molecule has 0 unspecified atom stereocenters. The highest BCUT2D eigenvalue weighted by molar-refractivity contribution is 6.31. The van der Waals surface area contributed by atoms with E-state index in [1.54, 1.807) is 18.2 Å². The maximum atomic E-state index is 15.7. The van der Waals surface area contributed by atoms with Crippen LogP contribution in [0.2, 0.25) is 10.0 Å². The van der Waals surface area contributed by atoms with Gasteiger partial charge in [0.05, 0.1) is 36.1 Å². The summed E-state index contributed by atoms with van der Waals surface area (Å²) in [6, 6.07) is 12.1. The van der Waals surface area contributed by atoms with Crippen molar-refractivity contribution in [2.45, 2.75) is 50.6 Å². The number of pyridine rings is 1. The Morgan fingerprint density at radius 2 is 1.95 bits per heavy atom. The van der Waals surface area contributed by atoms with E-state index in [0.717, 1.165) is 6.07 Å². The van der Waals surface area contributed by atoms with Crippen molar-refractivity contribution in [2.24, 2.45) is 5.41 Å². The van der Waals surface area contributed by atoms with E-state index in [1.807, 2.05) is 20.8 Å². The number of nitrogens with zero attached hydrogens (tertiary/aromatic N) is 2. The third-order valence-corrected chi connectivity index (χ3v) is 7.47. The summed E-state index contributed by atoms with van der Waals surface area (Å²) in [5.41, 5.74) is -1.64. The third kappa shape index (κ3) is 5.58. The van der Waals surface area contributed by atoms with Gasteiger partial charge in [0.25, 0.3) is 0 Å². The Kier molecular flexibility index (Phi) is 8.17. The lowest BCUT2D eigenvalue weighted by Crippen LogP contribution is -2.45. The van der Waals surface area contributed by atoms with Crippen molar-refractivity contribution in [3.05, 3.63) is 87.5 Å². The largest absolute Gasteiger partial charge is 0.481 e. The fourth-order valence-electron chi connectivity index (χ4n) is 5.35. The van der Waals surface area contributed by atoms with Crippen molar-refractivity contribution in [1.82, 2.24) is 10.3 Å². The van der Waals surface area contributed by atoms with Crippen LogP contribution in [0.25, 0.3) is 0 Å². The molecule has 1 aromatic heterocycles. The van der Waals surface area contributed by atoms with E-state index in [2.05, 4.69) is 21.7 Å². The predicted octanol–water partition coefficient (Wildman–Crippen LogP) is 6.64. The molecule has 1 saturated heterocycles. The highest BCUT2D eigenvalue weighted by Gasteiger charge is 2.61. The number of halogens is 4. The van der Waals surface area contributed by atoms with E-state index in [0.29, 0.717) is 18.0 Å². The summed E-state index contributed by atoms with van der Waals surface area (Å²) in [5.74, 6) is -2.84. The fourth-order valence-corrected chi connectivity index (χ4v) is 5.69. The second-order valence-electron chi connectivity index (χ2n) is 10.8. The van der Waals surface area contributed by atoms with Gasteiger partial charge in [-0.3, -0.25) is 4.79 Å². The molecule has 1 fully saturated rings. The highest BCUT2D eigenvalue weighted by Crippen LogP contribution is 2.52. The molecule has 10 heteroatoms. The molecule has 0 aliphatic carbocycles. The topological polar surface area (TPSA) is 87.0 Å². The molecule has 204 valence electrons. The minimum atomic E-state index is -1.70. The van der Waals surface area contributed by atoms with Gasteiger partial charge in [-0.25, -0.2) is 13.8 Å². The van der Waals surface area contributed by atoms with Gasteiger partial charge in [-0.2, -0.15) is 5.26 Å². The first kappa shape index (κ1) is 28.8. The minimum Gasteiger partial charge on any atom is -0.481 e. The molecule has 4 rings (SSSR count). The van der Waals surface area contributed by atoms with Crippen molar-refractivity contribution in [1.29, 1.82) is 5.26 Å². The standard InChI is InChI=1S/C29H28Cl2F2N4O2/c1-28(2,3)13-22-29(15-34,19-10-8-16(30)12-21(19)32)24(18-6-5-7-20(31)25(18)33)26(37-22)27(38)36-17-9-11-23(39-4)35-14-17/h5-12,14,22,24,26,37H,13H2,1-4H3,(H,36,38)/t22-,24-,26+,29-/m0/s1. The summed E-state index contributed by atoms with van der Waals surface area (Å²) in [4.78, 5) is 17.9. The quantitative estimate of drug-likeness (QED) is 0.346. The van der Waals surface area contributed by atoms with Crippen LogP contribution in [0.4, 0.5) is 14.5 Å². The van der Waals surface area contributed by atoms with Gasteiger partial charge in [0.2, 0.25) is 11.8 Å². The van der Waals surface area contributed by atoms with Crippen molar-refractivity contribution in [2.75, 3.05) is 12.4 Å². The number of amides is 1. The predicted molar refractivity (Wildman–Crippen MR) is 147 cm³/mol. The highest BCUT2D eigenvalue weighted by atomic mass is 35.5. The maximum absolute atomic E-state index is 15.7. The second kappa shape index (κ2) is 11.1. The first-order chi connectivity index (χ1) is 18.4. The molecule has 0 spiro atoms. The number of methoxy groups -OCH3 is 1. The van der Waals surface area contributed by atoms with Crippen LogP contribution < -0.4 is 15.4 Å². The van der Waals surface area contributed by atoms with Gasteiger partial charge in [-0.15, -0.1) is 0 Å². The van der Waals surface area contributed by atoms with Crippen LogP contribution in [0.3, 0.4) is 0 Å². The van der Waals surface area contributed by atoms with Gasteiger partial charge in [0.1, 0.15) is 17.0 Å². The van der Waals surface area contributed by atoms with Crippen molar-refractivity contribution < 1.29 is 18.3 Å². The van der Waals surface area contributed by atoms with Crippen LogP contribution in [0.15, 0.2) is 54.7 Å². The first-order valence-corrected chi connectivity index (χ1v) is 13.0. The lowest BCUT2D eigenvalue weighted by Gasteiger charge is -2.37. The molecule has 4 atom stereocenters. The Labute approximate surface area is 236 Å². The molecular weight excluding hydrogens is 545 g/mol. The fraction of sp³-hybridized carbons (Fsp3) is 0.345. The number of nitriles is 1. The van der Waals surface area contributed by atoms with E-state index >= 15 is 8.78 Å². The molecule has 2 N–H and O–H groups in total. The van der Waals surface area contributed by atoms with Crippen LogP contribution in [0.1, 0.15) is 44.2 Å². The zero-order valence-corrected chi connectivity index (χ0v) is 23.4. The minimum absolute atomic E-state index is 0.0157. The molecule has 1 aliphatic heterocycles. The Bertz CT molecular complexity index is 1420. The summed E-state index contributed by atoms with van der Waals surface area (Å²) in [7, 11) is 1.47. The molecule has 3 aromatic rings. The normalized spacial score (nSPS) is 22.8. The van der Waals surface area contributed by atoms with E-state index in [1.165, 1.54) is 37.6 Å². The summed E-state index contributed by atoms with van der Waals surface area (Å²) >= 11 is 12.2. The Hall–Kier alpha value is -3.25. The molecule has 2 heterocycles. The smallest absolute Gasteiger partial charge is 0.242 e. The van der Waals surface area contributed by atoms with Crippen LogP contribution in [0, 0.1) is 28.4 Å². The SMILES string of the molecule is COc1ccc(NC(=O)[C@@H]2N[C@@H](CC(C)(C)C)[C@](C#N)(c3ccc(Cl)cc3F)[C@H]2c2cccc(Cl)c2F)cn1. The summed E-state index contributed by atoms with van der Waals surface area (Å²) in [6.07, 6.45) is 1.79. The summed E-state index contributed by atoms with van der Waals surface area (Å²) < 4.78 is 36.4. The Morgan fingerprint density at radius 1 is 1.21 bits per heavy atom. The monoisotopic (exact) mass is 572 g/mol. The molecule has 1 aliphatic rings. The lowest BCUT2D eigenvalue weighted by atomic mass is 9.62. The molecule has 0 bridgehead atoms. The molecule has 0 radical (unpaired) electrons. The van der Waals surface area contributed by atoms with Gasteiger partial charge >= 0.3 is 0 Å². The second-order valence-corrected chi connectivity index (χ2v) is 11.6. The molecule has 6 nitrogen and oxygen atoms in total. The van der Waals surface area contributed by atoms with Gasteiger partial charge in [0, 0.05) is 28.6 Å². The van der Waals surface area contributed by atoms with E-state index < -0.39 is 41.0 Å². The van der Waals surface area contributed by atoms with Gasteiger partial charge in [0.15, 0.2) is 0 Å². The van der Waals surface area contributed by atoms with Gasteiger partial charge < -0.3 is 15.4 Å².